The lowest BCUT2D eigenvalue weighted by atomic mass is 9.82. The zero-order valence-corrected chi connectivity index (χ0v) is 14.7. The molecule has 0 bridgehead atoms. The number of hydrogen-bond donors (Lipinski definition) is 1. The molecule has 0 saturated heterocycles. The van der Waals surface area contributed by atoms with Crippen molar-refractivity contribution in [3.05, 3.63) is 58.7 Å². The molecule has 0 unspecified atom stereocenters. The van der Waals surface area contributed by atoms with Crippen molar-refractivity contribution >= 4 is 11.9 Å². The van der Waals surface area contributed by atoms with Gasteiger partial charge in [0, 0.05) is 0 Å². The van der Waals surface area contributed by atoms with Gasteiger partial charge in [-0.25, -0.2) is 4.79 Å². The van der Waals surface area contributed by atoms with Crippen LogP contribution in [-0.2, 0) is 23.8 Å². The molecule has 1 aromatic carbocycles. The third-order valence-electron chi connectivity index (χ3n) is 3.74. The van der Waals surface area contributed by atoms with Gasteiger partial charge in [-0.2, -0.15) is 5.26 Å². The van der Waals surface area contributed by atoms with Crippen molar-refractivity contribution in [2.24, 2.45) is 5.73 Å². The standard InChI is InChI=1S/C19H20N2O5/c1-3-24-15(22)10-14-17(19(23)25-4-2)16(12-8-6-5-7-9-12)13(11-20)18(21)26-14/h5-9,16H,3-4,10,21H2,1-2H3/t16-/m1/s1. The summed E-state index contributed by atoms with van der Waals surface area (Å²) < 4.78 is 15.5. The predicted molar refractivity (Wildman–Crippen MR) is 92.0 cm³/mol. The Labute approximate surface area is 151 Å². The molecule has 0 saturated carbocycles. The molecule has 0 amide bonds. The second-order valence-electron chi connectivity index (χ2n) is 5.37. The maximum absolute atomic E-state index is 12.6. The molecule has 1 atom stereocenters. The fraction of sp³-hybridized carbons (Fsp3) is 0.316. The molecule has 1 aromatic rings. The van der Waals surface area contributed by atoms with Crippen molar-refractivity contribution in [2.45, 2.75) is 26.2 Å². The van der Waals surface area contributed by atoms with Crippen LogP contribution >= 0.6 is 0 Å². The van der Waals surface area contributed by atoms with Gasteiger partial charge in [0.15, 0.2) is 0 Å². The quantitative estimate of drug-likeness (QED) is 0.778. The normalized spacial score (nSPS) is 16.6. The molecule has 1 heterocycles. The summed E-state index contributed by atoms with van der Waals surface area (Å²) in [6.07, 6.45) is -0.287. The van der Waals surface area contributed by atoms with E-state index in [2.05, 4.69) is 0 Å². The van der Waals surface area contributed by atoms with Crippen LogP contribution in [0.15, 0.2) is 53.1 Å². The highest BCUT2D eigenvalue weighted by atomic mass is 16.5. The lowest BCUT2D eigenvalue weighted by Crippen LogP contribution is -2.27. The van der Waals surface area contributed by atoms with Crippen LogP contribution in [-0.4, -0.2) is 25.2 Å². The van der Waals surface area contributed by atoms with E-state index >= 15 is 0 Å². The van der Waals surface area contributed by atoms with Crippen LogP contribution in [0.3, 0.4) is 0 Å². The highest BCUT2D eigenvalue weighted by molar-refractivity contribution is 5.93. The number of hydrogen-bond acceptors (Lipinski definition) is 7. The summed E-state index contributed by atoms with van der Waals surface area (Å²) in [5.41, 5.74) is 6.73. The van der Waals surface area contributed by atoms with E-state index in [1.807, 2.05) is 12.1 Å². The molecular formula is C19H20N2O5. The zero-order valence-electron chi connectivity index (χ0n) is 14.7. The van der Waals surface area contributed by atoms with E-state index in [1.54, 1.807) is 38.1 Å². The molecule has 0 fully saturated rings. The summed E-state index contributed by atoms with van der Waals surface area (Å²) in [6, 6.07) is 10.9. The van der Waals surface area contributed by atoms with Crippen LogP contribution in [0.5, 0.6) is 0 Å². The Hall–Kier alpha value is -3.27. The van der Waals surface area contributed by atoms with Gasteiger partial charge < -0.3 is 19.9 Å². The van der Waals surface area contributed by atoms with Crippen LogP contribution in [0.2, 0.25) is 0 Å². The average Bonchev–Trinajstić information content (AvgIpc) is 2.62. The number of carbonyl (C=O) groups excluding carboxylic acids is 2. The molecule has 0 aromatic heterocycles. The Morgan fingerprint density at radius 3 is 2.42 bits per heavy atom. The van der Waals surface area contributed by atoms with E-state index in [1.165, 1.54) is 0 Å². The van der Waals surface area contributed by atoms with Crippen molar-refractivity contribution in [3.8, 4) is 6.07 Å². The van der Waals surface area contributed by atoms with Gasteiger partial charge in [-0.15, -0.1) is 0 Å². The lowest BCUT2D eigenvalue weighted by molar-refractivity contribution is -0.143. The van der Waals surface area contributed by atoms with E-state index in [0.29, 0.717) is 5.56 Å². The number of nitrogens with two attached hydrogens (primary N) is 1. The summed E-state index contributed by atoms with van der Waals surface area (Å²) in [4.78, 5) is 24.5. The Kier molecular flexibility index (Phi) is 6.39. The minimum atomic E-state index is -0.779. The van der Waals surface area contributed by atoms with Gasteiger partial charge in [-0.05, 0) is 19.4 Å². The minimum Gasteiger partial charge on any atom is -0.466 e. The second kappa shape index (κ2) is 8.72. The Balaban J connectivity index is 2.60. The molecular weight excluding hydrogens is 336 g/mol. The summed E-state index contributed by atoms with van der Waals surface area (Å²) in [7, 11) is 0. The first-order valence-corrected chi connectivity index (χ1v) is 8.21. The molecule has 0 aliphatic carbocycles. The second-order valence-corrected chi connectivity index (χ2v) is 5.37. The average molecular weight is 356 g/mol. The predicted octanol–water partition coefficient (Wildman–Crippen LogP) is 2.26. The summed E-state index contributed by atoms with van der Waals surface area (Å²) in [5.74, 6) is -2.12. The Morgan fingerprint density at radius 1 is 1.19 bits per heavy atom. The smallest absolute Gasteiger partial charge is 0.338 e. The number of carbonyl (C=O) groups is 2. The number of nitriles is 1. The van der Waals surface area contributed by atoms with E-state index in [4.69, 9.17) is 19.9 Å². The van der Waals surface area contributed by atoms with Crippen molar-refractivity contribution in [1.82, 2.24) is 0 Å². The van der Waals surface area contributed by atoms with Gasteiger partial charge in [0.05, 0.1) is 24.7 Å². The third-order valence-corrected chi connectivity index (χ3v) is 3.74. The lowest BCUT2D eigenvalue weighted by Gasteiger charge is -2.27. The van der Waals surface area contributed by atoms with E-state index in [-0.39, 0.29) is 42.4 Å². The fourth-order valence-corrected chi connectivity index (χ4v) is 2.70. The fourth-order valence-electron chi connectivity index (χ4n) is 2.70. The molecule has 26 heavy (non-hydrogen) atoms. The van der Waals surface area contributed by atoms with Crippen molar-refractivity contribution in [2.75, 3.05) is 13.2 Å². The highest BCUT2D eigenvalue weighted by Gasteiger charge is 2.38. The minimum absolute atomic E-state index is 0.0345. The molecule has 1 aliphatic heterocycles. The molecule has 2 N–H and O–H groups in total. The van der Waals surface area contributed by atoms with Gasteiger partial charge in [-0.3, -0.25) is 4.79 Å². The van der Waals surface area contributed by atoms with Crippen LogP contribution in [0.4, 0.5) is 0 Å². The van der Waals surface area contributed by atoms with Crippen LogP contribution in [0.25, 0.3) is 0 Å². The number of allylic oxidation sites excluding steroid dienone is 1. The largest absolute Gasteiger partial charge is 0.466 e. The van der Waals surface area contributed by atoms with Crippen molar-refractivity contribution in [3.63, 3.8) is 0 Å². The number of esters is 2. The van der Waals surface area contributed by atoms with Gasteiger partial charge in [-0.1, -0.05) is 30.3 Å². The summed E-state index contributed by atoms with van der Waals surface area (Å²) >= 11 is 0. The number of benzene rings is 1. The number of nitrogens with zero attached hydrogens (tertiary/aromatic N) is 1. The summed E-state index contributed by atoms with van der Waals surface area (Å²) in [6.45, 7) is 3.67. The zero-order chi connectivity index (χ0) is 19.1. The Morgan fingerprint density at radius 2 is 1.85 bits per heavy atom. The van der Waals surface area contributed by atoms with Crippen LogP contribution in [0, 0.1) is 11.3 Å². The molecule has 7 heteroatoms. The molecule has 136 valence electrons. The van der Waals surface area contributed by atoms with E-state index in [0.717, 1.165) is 0 Å². The molecule has 1 aliphatic rings. The number of ether oxygens (including phenoxy) is 3. The highest BCUT2D eigenvalue weighted by Crippen LogP contribution is 2.40. The van der Waals surface area contributed by atoms with Crippen molar-refractivity contribution in [1.29, 1.82) is 5.26 Å². The SMILES string of the molecule is CCOC(=O)CC1=C(C(=O)OCC)[C@H](c2ccccc2)C(C#N)=C(N)O1. The first-order valence-electron chi connectivity index (χ1n) is 8.21. The monoisotopic (exact) mass is 356 g/mol. The van der Waals surface area contributed by atoms with Crippen LogP contribution < -0.4 is 5.73 Å². The number of rotatable bonds is 6. The molecule has 2 rings (SSSR count). The van der Waals surface area contributed by atoms with Gasteiger partial charge in [0.2, 0.25) is 5.88 Å². The first kappa shape index (κ1) is 19.1. The summed E-state index contributed by atoms with van der Waals surface area (Å²) in [5, 5.41) is 9.54. The van der Waals surface area contributed by atoms with Gasteiger partial charge in [0.1, 0.15) is 23.8 Å². The molecule has 0 radical (unpaired) electrons. The maximum atomic E-state index is 12.6. The molecule has 0 spiro atoms. The first-order chi connectivity index (χ1) is 12.5. The third kappa shape index (κ3) is 4.03. The molecule has 7 nitrogen and oxygen atoms in total. The van der Waals surface area contributed by atoms with E-state index < -0.39 is 17.9 Å². The van der Waals surface area contributed by atoms with E-state index in [9.17, 15) is 14.9 Å². The Bertz CT molecular complexity index is 790. The van der Waals surface area contributed by atoms with Gasteiger partial charge >= 0.3 is 11.9 Å². The van der Waals surface area contributed by atoms with Gasteiger partial charge in [0.25, 0.3) is 0 Å². The van der Waals surface area contributed by atoms with Crippen LogP contribution in [0.1, 0.15) is 31.7 Å². The topological polar surface area (TPSA) is 112 Å². The maximum Gasteiger partial charge on any atom is 0.338 e. The van der Waals surface area contributed by atoms with Crippen molar-refractivity contribution < 1.29 is 23.8 Å².